The molecule has 0 aliphatic heterocycles. The standard InChI is InChI=1S/C9H8O2/c10-6-2-4-8-3-1-5-9(11)7-8/h1-7,11H/b4-2-. The number of rotatable bonds is 2. The number of aromatic hydroxyl groups is 1. The molecular formula is C9H8O2. The van der Waals surface area contributed by atoms with Crippen LogP contribution >= 0.6 is 0 Å². The number of carbonyl (C=O) groups is 1. The van der Waals surface area contributed by atoms with Crippen LogP contribution in [0, 0.1) is 0 Å². The molecule has 1 rings (SSSR count). The van der Waals surface area contributed by atoms with Crippen molar-refractivity contribution in [2.24, 2.45) is 0 Å². The molecule has 1 aromatic carbocycles. The van der Waals surface area contributed by atoms with Crippen LogP contribution in [0.1, 0.15) is 5.56 Å². The van der Waals surface area contributed by atoms with Gasteiger partial charge in [0.1, 0.15) is 12.0 Å². The van der Waals surface area contributed by atoms with E-state index in [2.05, 4.69) is 0 Å². The first-order chi connectivity index (χ1) is 5.33. The van der Waals surface area contributed by atoms with Gasteiger partial charge in [0, 0.05) is 0 Å². The Hall–Kier alpha value is -1.57. The Morgan fingerprint density at radius 2 is 2.18 bits per heavy atom. The third-order valence-corrected chi connectivity index (χ3v) is 1.24. The number of phenols is 1. The van der Waals surface area contributed by atoms with E-state index < -0.39 is 0 Å². The number of allylic oxidation sites excluding steroid dienone is 1. The van der Waals surface area contributed by atoms with E-state index in [0.717, 1.165) is 5.56 Å². The average molecular weight is 148 g/mol. The van der Waals surface area contributed by atoms with E-state index in [1.165, 1.54) is 6.08 Å². The minimum Gasteiger partial charge on any atom is -0.508 e. The molecule has 0 unspecified atom stereocenters. The molecule has 2 nitrogen and oxygen atoms in total. The SMILES string of the molecule is O=C/C=C\c1cccc(O)c1. The molecule has 0 heterocycles. The fourth-order valence-electron chi connectivity index (χ4n) is 0.779. The van der Waals surface area contributed by atoms with Crippen LogP contribution < -0.4 is 0 Å². The van der Waals surface area contributed by atoms with Gasteiger partial charge in [-0.2, -0.15) is 0 Å². The molecule has 0 amide bonds. The second kappa shape index (κ2) is 3.56. The lowest BCUT2D eigenvalue weighted by Gasteiger charge is -1.92. The van der Waals surface area contributed by atoms with E-state index >= 15 is 0 Å². The smallest absolute Gasteiger partial charge is 0.142 e. The molecule has 0 aliphatic rings. The number of hydrogen-bond acceptors (Lipinski definition) is 2. The summed E-state index contributed by atoms with van der Waals surface area (Å²) in [6, 6.07) is 6.69. The van der Waals surface area contributed by atoms with Gasteiger partial charge in [0.25, 0.3) is 0 Å². The third-order valence-electron chi connectivity index (χ3n) is 1.24. The van der Waals surface area contributed by atoms with Gasteiger partial charge in [0.05, 0.1) is 0 Å². The summed E-state index contributed by atoms with van der Waals surface area (Å²) in [5.74, 6) is 0.207. The molecule has 2 heteroatoms. The summed E-state index contributed by atoms with van der Waals surface area (Å²) in [6.45, 7) is 0. The maximum absolute atomic E-state index is 9.91. The van der Waals surface area contributed by atoms with Gasteiger partial charge in [0.2, 0.25) is 0 Å². The van der Waals surface area contributed by atoms with E-state index in [9.17, 15) is 4.79 Å². The maximum Gasteiger partial charge on any atom is 0.142 e. The highest BCUT2D eigenvalue weighted by Crippen LogP contribution is 2.11. The molecule has 0 aliphatic carbocycles. The largest absolute Gasteiger partial charge is 0.508 e. The van der Waals surface area contributed by atoms with Gasteiger partial charge < -0.3 is 5.11 Å². The molecule has 11 heavy (non-hydrogen) atoms. The topological polar surface area (TPSA) is 37.3 Å². The van der Waals surface area contributed by atoms with Crippen molar-refractivity contribution in [2.45, 2.75) is 0 Å². The molecule has 0 radical (unpaired) electrons. The summed E-state index contributed by atoms with van der Waals surface area (Å²) in [5.41, 5.74) is 0.817. The van der Waals surface area contributed by atoms with Crippen LogP contribution in [0.15, 0.2) is 30.3 Å². The van der Waals surface area contributed by atoms with E-state index in [0.29, 0.717) is 6.29 Å². The number of benzene rings is 1. The first kappa shape index (κ1) is 7.54. The third kappa shape index (κ3) is 2.26. The van der Waals surface area contributed by atoms with Gasteiger partial charge in [-0.05, 0) is 23.8 Å². The van der Waals surface area contributed by atoms with Crippen molar-refractivity contribution in [3.63, 3.8) is 0 Å². The first-order valence-electron chi connectivity index (χ1n) is 3.24. The fraction of sp³-hybridized carbons (Fsp3) is 0. The van der Waals surface area contributed by atoms with Crippen LogP contribution in [-0.2, 0) is 4.79 Å². The summed E-state index contributed by atoms with van der Waals surface area (Å²) in [7, 11) is 0. The molecule has 0 spiro atoms. The molecule has 0 atom stereocenters. The summed E-state index contributed by atoms with van der Waals surface area (Å²) in [6.07, 6.45) is 3.71. The minimum atomic E-state index is 0.207. The summed E-state index contributed by atoms with van der Waals surface area (Å²) in [4.78, 5) is 9.91. The molecular weight excluding hydrogens is 140 g/mol. The average Bonchev–Trinajstić information content (AvgIpc) is 2.01. The van der Waals surface area contributed by atoms with E-state index in [1.54, 1.807) is 30.3 Å². The Bertz CT molecular complexity index is 277. The Balaban J connectivity index is 2.87. The Morgan fingerprint density at radius 1 is 1.36 bits per heavy atom. The highest BCUT2D eigenvalue weighted by atomic mass is 16.3. The number of aldehydes is 1. The van der Waals surface area contributed by atoms with Gasteiger partial charge in [0.15, 0.2) is 0 Å². The van der Waals surface area contributed by atoms with Crippen LogP contribution in [0.3, 0.4) is 0 Å². The van der Waals surface area contributed by atoms with Crippen LogP contribution in [0.25, 0.3) is 6.08 Å². The number of hydrogen-bond donors (Lipinski definition) is 1. The van der Waals surface area contributed by atoms with Crippen molar-refractivity contribution in [1.82, 2.24) is 0 Å². The fourth-order valence-corrected chi connectivity index (χ4v) is 0.779. The zero-order valence-corrected chi connectivity index (χ0v) is 5.90. The first-order valence-corrected chi connectivity index (χ1v) is 3.24. The predicted octanol–water partition coefficient (Wildman–Crippen LogP) is 1.60. The van der Waals surface area contributed by atoms with Crippen molar-refractivity contribution in [1.29, 1.82) is 0 Å². The Morgan fingerprint density at radius 3 is 2.82 bits per heavy atom. The molecule has 0 aromatic heterocycles. The number of phenolic OH excluding ortho intramolecular Hbond substituents is 1. The van der Waals surface area contributed by atoms with Crippen LogP contribution in [0.4, 0.5) is 0 Å². The van der Waals surface area contributed by atoms with Gasteiger partial charge in [-0.25, -0.2) is 0 Å². The predicted molar refractivity (Wildman–Crippen MR) is 43.2 cm³/mol. The molecule has 0 saturated carbocycles. The van der Waals surface area contributed by atoms with Crippen molar-refractivity contribution in [2.75, 3.05) is 0 Å². The molecule has 0 saturated heterocycles. The highest BCUT2D eigenvalue weighted by molar-refractivity contribution is 5.73. The van der Waals surface area contributed by atoms with Gasteiger partial charge >= 0.3 is 0 Å². The normalized spacial score (nSPS) is 10.2. The lowest BCUT2D eigenvalue weighted by atomic mass is 10.2. The monoisotopic (exact) mass is 148 g/mol. The van der Waals surface area contributed by atoms with Crippen LogP contribution in [-0.4, -0.2) is 11.4 Å². The molecule has 0 fully saturated rings. The van der Waals surface area contributed by atoms with E-state index in [-0.39, 0.29) is 5.75 Å². The van der Waals surface area contributed by atoms with Gasteiger partial charge in [-0.15, -0.1) is 0 Å². The van der Waals surface area contributed by atoms with Crippen molar-refractivity contribution >= 4 is 12.4 Å². The molecule has 1 N–H and O–H groups in total. The zero-order valence-electron chi connectivity index (χ0n) is 5.90. The molecule has 56 valence electrons. The van der Waals surface area contributed by atoms with Gasteiger partial charge in [-0.3, -0.25) is 4.79 Å². The second-order valence-corrected chi connectivity index (χ2v) is 2.09. The Labute approximate surface area is 64.8 Å². The van der Waals surface area contributed by atoms with Gasteiger partial charge in [-0.1, -0.05) is 18.2 Å². The summed E-state index contributed by atoms with van der Waals surface area (Å²) >= 11 is 0. The maximum atomic E-state index is 9.91. The summed E-state index contributed by atoms with van der Waals surface area (Å²) < 4.78 is 0. The van der Waals surface area contributed by atoms with Crippen LogP contribution in [0.5, 0.6) is 5.75 Å². The zero-order chi connectivity index (χ0) is 8.10. The second-order valence-electron chi connectivity index (χ2n) is 2.09. The van der Waals surface area contributed by atoms with E-state index in [1.807, 2.05) is 0 Å². The van der Waals surface area contributed by atoms with Crippen molar-refractivity contribution in [3.05, 3.63) is 35.9 Å². The van der Waals surface area contributed by atoms with Crippen LogP contribution in [0.2, 0.25) is 0 Å². The van der Waals surface area contributed by atoms with E-state index in [4.69, 9.17) is 5.11 Å². The highest BCUT2D eigenvalue weighted by Gasteiger charge is 1.87. The minimum absolute atomic E-state index is 0.207. The Kier molecular flexibility index (Phi) is 2.44. The lowest BCUT2D eigenvalue weighted by molar-refractivity contribution is -0.104. The number of carbonyl (C=O) groups excluding carboxylic acids is 1. The van der Waals surface area contributed by atoms with Crippen molar-refractivity contribution < 1.29 is 9.90 Å². The van der Waals surface area contributed by atoms with Crippen molar-refractivity contribution in [3.8, 4) is 5.75 Å². The molecule has 1 aromatic rings. The molecule has 0 bridgehead atoms. The lowest BCUT2D eigenvalue weighted by Crippen LogP contribution is -1.70. The quantitative estimate of drug-likeness (QED) is 0.511. The summed E-state index contributed by atoms with van der Waals surface area (Å²) in [5, 5.41) is 8.99.